The Balaban J connectivity index is 3.21. The SMILES string of the molecule is CON=C(C#N)C(=O)c1ccc(OC)cc1SC. The fourth-order valence-electron chi connectivity index (χ4n) is 1.32. The topological polar surface area (TPSA) is 71.7 Å². The van der Waals surface area contributed by atoms with E-state index in [0.29, 0.717) is 11.3 Å². The van der Waals surface area contributed by atoms with Crippen molar-refractivity contribution in [2.24, 2.45) is 5.16 Å². The molecule has 0 aliphatic rings. The molecule has 0 aliphatic heterocycles. The normalized spacial score (nSPS) is 10.7. The Labute approximate surface area is 109 Å². The summed E-state index contributed by atoms with van der Waals surface area (Å²) < 4.78 is 5.08. The van der Waals surface area contributed by atoms with Crippen LogP contribution >= 0.6 is 11.8 Å². The monoisotopic (exact) mass is 264 g/mol. The van der Waals surface area contributed by atoms with Gasteiger partial charge in [0, 0.05) is 10.5 Å². The first-order valence-electron chi connectivity index (χ1n) is 4.95. The highest BCUT2D eigenvalue weighted by Crippen LogP contribution is 2.26. The number of oxime groups is 1. The second-order valence-corrected chi connectivity index (χ2v) is 3.98. The number of ketones is 1. The Hall–Kier alpha value is -2.00. The lowest BCUT2D eigenvalue weighted by atomic mass is 10.1. The maximum absolute atomic E-state index is 12.1. The quantitative estimate of drug-likeness (QED) is 0.352. The molecule has 0 aromatic heterocycles. The molecular weight excluding hydrogens is 252 g/mol. The summed E-state index contributed by atoms with van der Waals surface area (Å²) >= 11 is 1.39. The van der Waals surface area contributed by atoms with Gasteiger partial charge in [-0.2, -0.15) is 5.26 Å². The zero-order valence-electron chi connectivity index (χ0n) is 10.3. The van der Waals surface area contributed by atoms with E-state index in [0.717, 1.165) is 4.90 Å². The number of benzene rings is 1. The summed E-state index contributed by atoms with van der Waals surface area (Å²) in [6.45, 7) is 0. The Morgan fingerprint density at radius 3 is 2.67 bits per heavy atom. The summed E-state index contributed by atoms with van der Waals surface area (Å²) in [6, 6.07) is 6.72. The molecule has 1 aromatic carbocycles. The van der Waals surface area contributed by atoms with Gasteiger partial charge >= 0.3 is 0 Å². The Kier molecular flexibility index (Phi) is 5.21. The molecule has 0 aliphatic carbocycles. The Bertz CT molecular complexity index is 521. The van der Waals surface area contributed by atoms with Crippen LogP contribution < -0.4 is 4.74 Å². The van der Waals surface area contributed by atoms with Crippen LogP contribution in [0.4, 0.5) is 0 Å². The molecular formula is C12H12N2O3S. The van der Waals surface area contributed by atoms with Crippen LogP contribution in [0.2, 0.25) is 0 Å². The van der Waals surface area contributed by atoms with E-state index >= 15 is 0 Å². The molecule has 0 saturated carbocycles. The van der Waals surface area contributed by atoms with Gasteiger partial charge < -0.3 is 9.57 Å². The van der Waals surface area contributed by atoms with Crippen molar-refractivity contribution >= 4 is 23.3 Å². The number of Topliss-reactive ketones (excluding diaryl/α,β-unsaturated/α-hetero) is 1. The molecule has 0 N–H and O–H groups in total. The van der Waals surface area contributed by atoms with Crippen LogP contribution in [0.15, 0.2) is 28.3 Å². The lowest BCUT2D eigenvalue weighted by molar-refractivity contribution is 0.105. The molecule has 0 unspecified atom stereocenters. The van der Waals surface area contributed by atoms with Gasteiger partial charge in [-0.3, -0.25) is 4.79 Å². The summed E-state index contributed by atoms with van der Waals surface area (Å²) in [5.41, 5.74) is 0.124. The summed E-state index contributed by atoms with van der Waals surface area (Å²) in [6.07, 6.45) is 1.84. The molecule has 0 spiro atoms. The molecule has 0 fully saturated rings. The minimum atomic E-state index is -0.466. The van der Waals surface area contributed by atoms with Crippen molar-refractivity contribution in [1.29, 1.82) is 5.26 Å². The van der Waals surface area contributed by atoms with Crippen LogP contribution in [0.5, 0.6) is 5.75 Å². The predicted molar refractivity (Wildman–Crippen MR) is 69.2 cm³/mol. The molecule has 0 saturated heterocycles. The third-order valence-electron chi connectivity index (χ3n) is 2.16. The van der Waals surface area contributed by atoms with Crippen LogP contribution in [-0.2, 0) is 4.84 Å². The van der Waals surface area contributed by atoms with E-state index in [1.165, 1.54) is 18.9 Å². The molecule has 0 heterocycles. The van der Waals surface area contributed by atoms with Gasteiger partial charge in [0.2, 0.25) is 11.5 Å². The van der Waals surface area contributed by atoms with Gasteiger partial charge in [-0.25, -0.2) is 0 Å². The van der Waals surface area contributed by atoms with E-state index in [1.54, 1.807) is 31.4 Å². The van der Waals surface area contributed by atoms with Crippen molar-refractivity contribution in [3.63, 3.8) is 0 Å². The zero-order chi connectivity index (χ0) is 13.5. The molecule has 1 aromatic rings. The number of nitriles is 1. The number of carbonyl (C=O) groups excluding carboxylic acids is 1. The standard InChI is InChI=1S/C12H12N2O3S/c1-16-8-4-5-9(11(6-8)18-3)12(15)10(7-13)14-17-2/h4-6H,1-3H3. The van der Waals surface area contributed by atoms with Crippen molar-refractivity contribution in [3.8, 4) is 11.8 Å². The van der Waals surface area contributed by atoms with E-state index in [2.05, 4.69) is 9.99 Å². The summed E-state index contributed by atoms with van der Waals surface area (Å²) in [5, 5.41) is 12.2. The summed E-state index contributed by atoms with van der Waals surface area (Å²) in [4.78, 5) is 17.2. The van der Waals surface area contributed by atoms with Gasteiger partial charge in [-0.15, -0.1) is 11.8 Å². The molecule has 0 atom stereocenters. The molecule has 0 bridgehead atoms. The van der Waals surface area contributed by atoms with Gasteiger partial charge in [0.25, 0.3) is 0 Å². The van der Waals surface area contributed by atoms with E-state index in [-0.39, 0.29) is 5.71 Å². The molecule has 5 nitrogen and oxygen atoms in total. The van der Waals surface area contributed by atoms with E-state index in [4.69, 9.17) is 10.00 Å². The van der Waals surface area contributed by atoms with Crippen LogP contribution in [-0.4, -0.2) is 32.0 Å². The van der Waals surface area contributed by atoms with E-state index in [9.17, 15) is 4.79 Å². The van der Waals surface area contributed by atoms with Crippen molar-refractivity contribution in [2.75, 3.05) is 20.5 Å². The Morgan fingerprint density at radius 1 is 1.44 bits per heavy atom. The average Bonchev–Trinajstić information content (AvgIpc) is 2.43. The molecule has 0 amide bonds. The third-order valence-corrected chi connectivity index (χ3v) is 2.93. The van der Waals surface area contributed by atoms with E-state index < -0.39 is 5.78 Å². The number of ether oxygens (including phenoxy) is 1. The van der Waals surface area contributed by atoms with Crippen molar-refractivity contribution in [3.05, 3.63) is 23.8 Å². The van der Waals surface area contributed by atoms with Crippen molar-refractivity contribution < 1.29 is 14.4 Å². The fraction of sp³-hybridized carbons (Fsp3) is 0.250. The Morgan fingerprint density at radius 2 is 2.17 bits per heavy atom. The summed E-state index contributed by atoms with van der Waals surface area (Å²) in [7, 11) is 2.84. The summed E-state index contributed by atoms with van der Waals surface area (Å²) in [5.74, 6) is 0.185. The first-order valence-corrected chi connectivity index (χ1v) is 6.18. The van der Waals surface area contributed by atoms with Crippen molar-refractivity contribution in [2.45, 2.75) is 4.90 Å². The number of thioether (sulfide) groups is 1. The highest BCUT2D eigenvalue weighted by molar-refractivity contribution is 7.98. The van der Waals surface area contributed by atoms with Gasteiger partial charge in [-0.05, 0) is 24.5 Å². The number of rotatable bonds is 5. The smallest absolute Gasteiger partial charge is 0.227 e. The van der Waals surface area contributed by atoms with Gasteiger partial charge in [0.1, 0.15) is 18.9 Å². The first-order chi connectivity index (χ1) is 8.67. The van der Waals surface area contributed by atoms with Crippen LogP contribution in [0.1, 0.15) is 10.4 Å². The third kappa shape index (κ3) is 3.02. The lowest BCUT2D eigenvalue weighted by Gasteiger charge is -2.07. The van der Waals surface area contributed by atoms with Gasteiger partial charge in [0.15, 0.2) is 0 Å². The zero-order valence-corrected chi connectivity index (χ0v) is 11.1. The molecule has 18 heavy (non-hydrogen) atoms. The van der Waals surface area contributed by atoms with Gasteiger partial charge in [0.05, 0.1) is 7.11 Å². The highest BCUT2D eigenvalue weighted by Gasteiger charge is 2.18. The molecule has 94 valence electrons. The van der Waals surface area contributed by atoms with Crippen LogP contribution in [0.3, 0.4) is 0 Å². The molecule has 1 rings (SSSR count). The number of hydrogen-bond acceptors (Lipinski definition) is 6. The number of hydrogen-bond donors (Lipinski definition) is 0. The van der Waals surface area contributed by atoms with Gasteiger partial charge in [-0.1, -0.05) is 5.16 Å². The van der Waals surface area contributed by atoms with E-state index in [1.807, 2.05) is 6.26 Å². The van der Waals surface area contributed by atoms with Crippen LogP contribution in [0.25, 0.3) is 0 Å². The highest BCUT2D eigenvalue weighted by atomic mass is 32.2. The number of carbonyl (C=O) groups is 1. The minimum Gasteiger partial charge on any atom is -0.497 e. The van der Waals surface area contributed by atoms with Crippen molar-refractivity contribution in [1.82, 2.24) is 0 Å². The molecule has 0 radical (unpaired) electrons. The second kappa shape index (κ2) is 6.67. The lowest BCUT2D eigenvalue weighted by Crippen LogP contribution is -2.13. The maximum Gasteiger partial charge on any atom is 0.227 e. The average molecular weight is 264 g/mol. The fourth-order valence-corrected chi connectivity index (χ4v) is 1.93. The second-order valence-electron chi connectivity index (χ2n) is 3.13. The first kappa shape index (κ1) is 14.1. The predicted octanol–water partition coefficient (Wildman–Crippen LogP) is 2.13. The largest absolute Gasteiger partial charge is 0.497 e. The molecule has 6 heteroatoms. The number of nitrogens with zero attached hydrogens (tertiary/aromatic N) is 2. The maximum atomic E-state index is 12.1. The number of methoxy groups -OCH3 is 1. The minimum absolute atomic E-state index is 0.280. The van der Waals surface area contributed by atoms with Crippen LogP contribution in [0, 0.1) is 11.3 Å².